The first-order valence-electron chi connectivity index (χ1n) is 9.51. The van der Waals surface area contributed by atoms with Crippen LogP contribution >= 0.6 is 0 Å². The molecule has 0 saturated carbocycles. The highest BCUT2D eigenvalue weighted by molar-refractivity contribution is 5.95. The Morgan fingerprint density at radius 1 is 1.21 bits per heavy atom. The molecule has 2 atom stereocenters. The van der Waals surface area contributed by atoms with Gasteiger partial charge in [0, 0.05) is 23.1 Å². The Hall–Kier alpha value is -2.92. The van der Waals surface area contributed by atoms with Crippen LogP contribution in [0.1, 0.15) is 21.5 Å². The lowest BCUT2D eigenvalue weighted by Crippen LogP contribution is -2.40. The van der Waals surface area contributed by atoms with Crippen LogP contribution in [0.5, 0.6) is 5.75 Å². The van der Waals surface area contributed by atoms with Gasteiger partial charge in [0.15, 0.2) is 0 Å². The first kappa shape index (κ1) is 18.4. The van der Waals surface area contributed by atoms with Gasteiger partial charge < -0.3 is 14.8 Å². The summed E-state index contributed by atoms with van der Waals surface area (Å²) in [4.78, 5) is 17.2. The second-order valence-corrected chi connectivity index (χ2v) is 7.25. The Kier molecular flexibility index (Phi) is 5.26. The molecule has 5 nitrogen and oxygen atoms in total. The highest BCUT2D eigenvalue weighted by atomic mass is 16.5. The Morgan fingerprint density at radius 3 is 2.93 bits per heavy atom. The van der Waals surface area contributed by atoms with Crippen molar-refractivity contribution in [3.8, 4) is 5.75 Å². The van der Waals surface area contributed by atoms with Gasteiger partial charge in [-0.3, -0.25) is 9.78 Å². The monoisotopic (exact) mass is 376 g/mol. The maximum Gasteiger partial charge on any atom is 0.251 e. The van der Waals surface area contributed by atoms with E-state index in [2.05, 4.69) is 22.4 Å². The number of nitrogens with one attached hydrogen (secondary N) is 1. The van der Waals surface area contributed by atoms with Crippen LogP contribution in [0.3, 0.4) is 0 Å². The number of fused-ring (bicyclic) bond motifs is 1. The second kappa shape index (κ2) is 7.98. The molecule has 0 spiro atoms. The van der Waals surface area contributed by atoms with Crippen molar-refractivity contribution in [3.05, 3.63) is 71.4 Å². The smallest absolute Gasteiger partial charge is 0.251 e. The third kappa shape index (κ3) is 3.71. The predicted octanol–water partition coefficient (Wildman–Crippen LogP) is 3.54. The van der Waals surface area contributed by atoms with Crippen molar-refractivity contribution in [2.75, 3.05) is 20.3 Å². The van der Waals surface area contributed by atoms with E-state index in [1.165, 1.54) is 5.56 Å². The molecule has 3 aromatic rings. The van der Waals surface area contributed by atoms with Gasteiger partial charge in [0.2, 0.25) is 0 Å². The summed E-state index contributed by atoms with van der Waals surface area (Å²) in [6.45, 7) is 3.13. The fraction of sp³-hybridized carbons (Fsp3) is 0.304. The van der Waals surface area contributed by atoms with Gasteiger partial charge >= 0.3 is 0 Å². The Balaban J connectivity index is 1.50. The predicted molar refractivity (Wildman–Crippen MR) is 109 cm³/mol. The number of hydrogen-bond donors (Lipinski definition) is 1. The van der Waals surface area contributed by atoms with E-state index in [0.717, 1.165) is 28.6 Å². The van der Waals surface area contributed by atoms with Crippen molar-refractivity contribution < 1.29 is 14.3 Å². The number of nitrogens with zero attached hydrogens (tertiary/aromatic N) is 1. The number of aromatic nitrogens is 1. The van der Waals surface area contributed by atoms with Crippen molar-refractivity contribution in [2.45, 2.75) is 19.4 Å². The molecule has 1 N–H and O–H groups in total. The zero-order valence-corrected chi connectivity index (χ0v) is 16.1. The molecule has 0 radical (unpaired) electrons. The number of carbonyl (C=O) groups excluding carboxylic acids is 1. The number of rotatable bonds is 5. The van der Waals surface area contributed by atoms with Gasteiger partial charge in [0.1, 0.15) is 5.75 Å². The van der Waals surface area contributed by atoms with Crippen molar-refractivity contribution in [2.24, 2.45) is 5.92 Å². The molecule has 1 aromatic heterocycles. The number of ether oxygens (including phenoxy) is 2. The lowest BCUT2D eigenvalue weighted by Gasteiger charge is -2.20. The van der Waals surface area contributed by atoms with E-state index in [1.54, 1.807) is 13.2 Å². The summed E-state index contributed by atoms with van der Waals surface area (Å²) in [5, 5.41) is 4.31. The van der Waals surface area contributed by atoms with E-state index in [1.807, 2.05) is 43.5 Å². The van der Waals surface area contributed by atoms with Crippen molar-refractivity contribution in [1.29, 1.82) is 0 Å². The van der Waals surface area contributed by atoms with Crippen LogP contribution in [0.2, 0.25) is 0 Å². The van der Waals surface area contributed by atoms with E-state index in [0.29, 0.717) is 18.8 Å². The minimum atomic E-state index is -0.0987. The molecular formula is C23H24N2O3. The van der Waals surface area contributed by atoms with Crippen LogP contribution < -0.4 is 10.1 Å². The highest BCUT2D eigenvalue weighted by Gasteiger charge is 2.30. The summed E-state index contributed by atoms with van der Waals surface area (Å²) < 4.78 is 11.0. The van der Waals surface area contributed by atoms with E-state index < -0.39 is 0 Å². The number of aryl methyl sites for hydroxylation is 1. The fourth-order valence-electron chi connectivity index (χ4n) is 3.79. The number of hydrogen-bond acceptors (Lipinski definition) is 4. The number of methoxy groups -OCH3 is 1. The first-order chi connectivity index (χ1) is 13.7. The van der Waals surface area contributed by atoms with Crippen LogP contribution in [-0.2, 0) is 11.2 Å². The summed E-state index contributed by atoms with van der Waals surface area (Å²) in [6, 6.07) is 15.7. The summed E-state index contributed by atoms with van der Waals surface area (Å²) in [5.41, 5.74) is 3.83. The second-order valence-electron chi connectivity index (χ2n) is 7.25. The van der Waals surface area contributed by atoms with Crippen molar-refractivity contribution >= 4 is 16.8 Å². The quantitative estimate of drug-likeness (QED) is 0.740. The molecule has 2 unspecified atom stereocenters. The molecule has 0 aliphatic carbocycles. The molecule has 2 heterocycles. The van der Waals surface area contributed by atoms with Crippen LogP contribution in [0.25, 0.3) is 10.9 Å². The summed E-state index contributed by atoms with van der Waals surface area (Å²) in [5.74, 6) is 0.843. The third-order valence-electron chi connectivity index (χ3n) is 5.41. The third-order valence-corrected chi connectivity index (χ3v) is 5.41. The molecule has 1 amide bonds. The molecule has 2 aromatic carbocycles. The van der Waals surface area contributed by atoms with Crippen LogP contribution in [0.4, 0.5) is 0 Å². The van der Waals surface area contributed by atoms with Gasteiger partial charge in [-0.05, 0) is 48.7 Å². The molecule has 4 rings (SSSR count). The lowest BCUT2D eigenvalue weighted by molar-refractivity contribution is 0.0924. The molecule has 5 heteroatoms. The van der Waals surface area contributed by atoms with Gasteiger partial charge in [-0.1, -0.05) is 24.3 Å². The average molecular weight is 376 g/mol. The molecule has 28 heavy (non-hydrogen) atoms. The molecule has 1 aliphatic heterocycles. The zero-order valence-electron chi connectivity index (χ0n) is 16.1. The van der Waals surface area contributed by atoms with Gasteiger partial charge in [0.05, 0.1) is 31.9 Å². The van der Waals surface area contributed by atoms with E-state index in [-0.39, 0.29) is 17.9 Å². The van der Waals surface area contributed by atoms with Gasteiger partial charge in [-0.2, -0.15) is 0 Å². The van der Waals surface area contributed by atoms with Gasteiger partial charge in [-0.25, -0.2) is 0 Å². The fourth-order valence-corrected chi connectivity index (χ4v) is 3.79. The minimum absolute atomic E-state index is 0.0216. The van der Waals surface area contributed by atoms with Crippen LogP contribution in [0.15, 0.2) is 54.7 Å². The summed E-state index contributed by atoms with van der Waals surface area (Å²) >= 11 is 0. The number of amides is 1. The number of pyridine rings is 1. The number of carbonyl (C=O) groups is 1. The Labute approximate surface area is 164 Å². The first-order valence-corrected chi connectivity index (χ1v) is 9.51. The number of para-hydroxylation sites is 1. The largest absolute Gasteiger partial charge is 0.496 e. The SMILES string of the molecule is COc1cc(C(=O)NC2COCC2Cc2ccnc3ccccc23)ccc1C. The topological polar surface area (TPSA) is 60.5 Å². The highest BCUT2D eigenvalue weighted by Crippen LogP contribution is 2.25. The number of benzene rings is 2. The Morgan fingerprint density at radius 2 is 2.07 bits per heavy atom. The van der Waals surface area contributed by atoms with E-state index in [4.69, 9.17) is 9.47 Å². The standard InChI is InChI=1S/C23H24N2O3/c1-15-7-8-17(12-22(15)27-2)23(26)25-21-14-28-13-18(21)11-16-9-10-24-20-6-4-3-5-19(16)20/h3-10,12,18,21H,11,13-14H2,1-2H3,(H,25,26). The van der Waals surface area contributed by atoms with E-state index in [9.17, 15) is 4.79 Å². The molecule has 1 fully saturated rings. The van der Waals surface area contributed by atoms with Crippen molar-refractivity contribution in [1.82, 2.24) is 10.3 Å². The Bertz CT molecular complexity index is 997. The molecular weight excluding hydrogens is 352 g/mol. The van der Waals surface area contributed by atoms with Crippen LogP contribution in [-0.4, -0.2) is 37.3 Å². The van der Waals surface area contributed by atoms with Crippen LogP contribution in [0, 0.1) is 12.8 Å². The molecule has 144 valence electrons. The molecule has 0 bridgehead atoms. The molecule has 1 saturated heterocycles. The maximum atomic E-state index is 12.8. The summed E-state index contributed by atoms with van der Waals surface area (Å²) in [6.07, 6.45) is 2.69. The molecule has 1 aliphatic rings. The minimum Gasteiger partial charge on any atom is -0.496 e. The lowest BCUT2D eigenvalue weighted by atomic mass is 9.93. The normalized spacial score (nSPS) is 18.9. The zero-order chi connectivity index (χ0) is 19.5. The van der Waals surface area contributed by atoms with Gasteiger partial charge in [0.25, 0.3) is 5.91 Å². The maximum absolute atomic E-state index is 12.8. The van der Waals surface area contributed by atoms with Gasteiger partial charge in [-0.15, -0.1) is 0 Å². The van der Waals surface area contributed by atoms with E-state index >= 15 is 0 Å². The average Bonchev–Trinajstić information content (AvgIpc) is 3.15. The van der Waals surface area contributed by atoms with Crippen molar-refractivity contribution in [3.63, 3.8) is 0 Å². The summed E-state index contributed by atoms with van der Waals surface area (Å²) in [7, 11) is 1.61.